The van der Waals surface area contributed by atoms with Crippen molar-refractivity contribution in [1.29, 1.82) is 0 Å². The van der Waals surface area contributed by atoms with E-state index in [-0.39, 0.29) is 25.1 Å². The van der Waals surface area contributed by atoms with Crippen LogP contribution in [0.3, 0.4) is 0 Å². The molecule has 1 atom stereocenters. The van der Waals surface area contributed by atoms with E-state index in [2.05, 4.69) is 15.3 Å². The number of para-hydroxylation sites is 1. The minimum atomic E-state index is -0.328. The number of nitrogen functional groups attached to an aromatic ring is 1. The van der Waals surface area contributed by atoms with Crippen molar-refractivity contribution in [3.8, 4) is 22.6 Å². The first kappa shape index (κ1) is 20.4. The van der Waals surface area contributed by atoms with Gasteiger partial charge in [-0.25, -0.2) is 9.97 Å². The number of amides is 1. The van der Waals surface area contributed by atoms with Crippen LogP contribution < -0.4 is 15.8 Å². The minimum absolute atomic E-state index is 0.0481. The third kappa shape index (κ3) is 4.49. The number of anilines is 1. The van der Waals surface area contributed by atoms with E-state index in [4.69, 9.17) is 15.6 Å². The number of nitrogens with zero attached hydrogens (tertiary/aromatic N) is 3. The molecule has 31 heavy (non-hydrogen) atoms. The zero-order valence-corrected chi connectivity index (χ0v) is 17.0. The Kier molecular flexibility index (Phi) is 5.81. The minimum Gasteiger partial charge on any atom is -0.457 e. The maximum Gasteiger partial charge on any atom is 0.240 e. The molecule has 0 saturated carbocycles. The van der Waals surface area contributed by atoms with Crippen LogP contribution in [0.1, 0.15) is 6.92 Å². The van der Waals surface area contributed by atoms with Crippen molar-refractivity contribution in [2.45, 2.75) is 19.5 Å². The lowest BCUT2D eigenvalue weighted by Crippen LogP contribution is -2.37. The largest absolute Gasteiger partial charge is 0.457 e. The fourth-order valence-electron chi connectivity index (χ4n) is 3.33. The van der Waals surface area contributed by atoms with Crippen LogP contribution in [0.15, 0.2) is 67.1 Å². The first-order valence-electron chi connectivity index (χ1n) is 9.88. The summed E-state index contributed by atoms with van der Waals surface area (Å²) in [6.07, 6.45) is 3.22. The maximum atomic E-state index is 12.3. The molecular formula is C23H23N5O3. The number of carbonyl (C=O) groups excluding carboxylic acids is 1. The number of hydrogen-bond donors (Lipinski definition) is 3. The maximum absolute atomic E-state index is 12.3. The van der Waals surface area contributed by atoms with Crippen molar-refractivity contribution in [3.63, 3.8) is 0 Å². The lowest BCUT2D eigenvalue weighted by molar-refractivity contribution is -0.122. The van der Waals surface area contributed by atoms with Gasteiger partial charge in [-0.15, -0.1) is 0 Å². The first-order chi connectivity index (χ1) is 15.0. The number of carbonyl (C=O) groups is 1. The van der Waals surface area contributed by atoms with Crippen LogP contribution in [0, 0.1) is 0 Å². The number of fused-ring (bicyclic) bond motifs is 1. The van der Waals surface area contributed by atoms with E-state index in [1.807, 2.05) is 60.8 Å². The number of aliphatic hydroxyl groups is 1. The van der Waals surface area contributed by atoms with Gasteiger partial charge in [-0.1, -0.05) is 30.3 Å². The van der Waals surface area contributed by atoms with E-state index < -0.39 is 0 Å². The van der Waals surface area contributed by atoms with Crippen LogP contribution in [0.25, 0.3) is 22.2 Å². The summed E-state index contributed by atoms with van der Waals surface area (Å²) >= 11 is 0. The molecule has 0 bridgehead atoms. The van der Waals surface area contributed by atoms with Gasteiger partial charge in [0.1, 0.15) is 35.8 Å². The molecule has 0 fully saturated rings. The topological polar surface area (TPSA) is 115 Å². The Hall–Kier alpha value is -3.91. The highest BCUT2D eigenvalue weighted by atomic mass is 16.5. The van der Waals surface area contributed by atoms with Crippen LogP contribution in [0.2, 0.25) is 0 Å². The lowest BCUT2D eigenvalue weighted by atomic mass is 10.1. The predicted octanol–water partition coefficient (Wildman–Crippen LogP) is 2.97. The Morgan fingerprint density at radius 2 is 1.84 bits per heavy atom. The number of aromatic nitrogens is 3. The van der Waals surface area contributed by atoms with Crippen LogP contribution in [-0.4, -0.2) is 38.2 Å². The van der Waals surface area contributed by atoms with Crippen LogP contribution in [0.4, 0.5) is 5.82 Å². The van der Waals surface area contributed by atoms with Gasteiger partial charge >= 0.3 is 0 Å². The van der Waals surface area contributed by atoms with E-state index in [0.29, 0.717) is 22.6 Å². The molecule has 1 amide bonds. The highest BCUT2D eigenvalue weighted by molar-refractivity contribution is 6.01. The lowest BCUT2D eigenvalue weighted by Gasteiger charge is -2.11. The molecule has 0 aliphatic heterocycles. The monoisotopic (exact) mass is 417 g/mol. The van der Waals surface area contributed by atoms with Crippen LogP contribution in [-0.2, 0) is 11.3 Å². The summed E-state index contributed by atoms with van der Waals surface area (Å²) in [5, 5.41) is 12.6. The first-order valence-corrected chi connectivity index (χ1v) is 9.88. The molecule has 8 nitrogen and oxygen atoms in total. The molecule has 0 spiro atoms. The fourth-order valence-corrected chi connectivity index (χ4v) is 3.33. The molecule has 2 heterocycles. The van der Waals surface area contributed by atoms with E-state index in [9.17, 15) is 4.79 Å². The van der Waals surface area contributed by atoms with Crippen LogP contribution in [0.5, 0.6) is 11.5 Å². The zero-order valence-electron chi connectivity index (χ0n) is 17.0. The molecule has 0 unspecified atom stereocenters. The van der Waals surface area contributed by atoms with Gasteiger partial charge in [0.15, 0.2) is 0 Å². The van der Waals surface area contributed by atoms with Gasteiger partial charge < -0.3 is 25.5 Å². The molecule has 8 heteroatoms. The van der Waals surface area contributed by atoms with Crippen molar-refractivity contribution < 1.29 is 14.6 Å². The summed E-state index contributed by atoms with van der Waals surface area (Å²) in [7, 11) is 0. The predicted molar refractivity (Wildman–Crippen MR) is 119 cm³/mol. The van der Waals surface area contributed by atoms with E-state index in [0.717, 1.165) is 16.9 Å². The number of nitrogens with two attached hydrogens (primary N) is 1. The second kappa shape index (κ2) is 8.85. The average molecular weight is 417 g/mol. The summed E-state index contributed by atoms with van der Waals surface area (Å²) in [4.78, 5) is 20.8. The Bertz CT molecular complexity index is 1190. The van der Waals surface area contributed by atoms with Gasteiger partial charge in [0.25, 0.3) is 0 Å². The molecule has 158 valence electrons. The second-order valence-corrected chi connectivity index (χ2v) is 7.22. The molecular weight excluding hydrogens is 394 g/mol. The van der Waals surface area contributed by atoms with Crippen molar-refractivity contribution >= 4 is 22.8 Å². The normalized spacial score (nSPS) is 11.9. The van der Waals surface area contributed by atoms with Gasteiger partial charge in [0.2, 0.25) is 5.91 Å². The molecule has 2 aromatic carbocycles. The average Bonchev–Trinajstić information content (AvgIpc) is 3.14. The summed E-state index contributed by atoms with van der Waals surface area (Å²) in [6.45, 7) is 1.65. The smallest absolute Gasteiger partial charge is 0.240 e. The third-order valence-corrected chi connectivity index (χ3v) is 4.82. The summed E-state index contributed by atoms with van der Waals surface area (Å²) in [6, 6.07) is 16.8. The molecule has 0 saturated heterocycles. The van der Waals surface area contributed by atoms with Gasteiger partial charge in [-0.05, 0) is 36.8 Å². The van der Waals surface area contributed by atoms with Gasteiger partial charge in [-0.3, -0.25) is 4.79 Å². The van der Waals surface area contributed by atoms with Crippen molar-refractivity contribution in [2.75, 3.05) is 12.3 Å². The Balaban J connectivity index is 1.65. The number of benzene rings is 2. The van der Waals surface area contributed by atoms with Gasteiger partial charge in [0, 0.05) is 17.8 Å². The second-order valence-electron chi connectivity index (χ2n) is 7.22. The van der Waals surface area contributed by atoms with E-state index in [1.54, 1.807) is 11.5 Å². The van der Waals surface area contributed by atoms with E-state index >= 15 is 0 Å². The number of rotatable bonds is 7. The molecule has 0 radical (unpaired) electrons. The summed E-state index contributed by atoms with van der Waals surface area (Å²) in [5.41, 5.74) is 8.44. The molecule has 0 aliphatic carbocycles. The summed E-state index contributed by atoms with van der Waals surface area (Å²) < 4.78 is 7.59. The molecule has 4 N–H and O–H groups in total. The van der Waals surface area contributed by atoms with Crippen LogP contribution >= 0.6 is 0 Å². The summed E-state index contributed by atoms with van der Waals surface area (Å²) in [5.74, 6) is 1.58. The SMILES string of the molecule is C[C@@H](CO)NC(=O)Cn1cc(-c2ccc(Oc3ccccc3)cc2)c2c(N)ncnc21. The molecule has 2 aromatic heterocycles. The fraction of sp³-hybridized carbons (Fsp3) is 0.174. The number of aliphatic hydroxyl groups excluding tert-OH is 1. The zero-order chi connectivity index (χ0) is 21.8. The van der Waals surface area contributed by atoms with Gasteiger partial charge in [-0.2, -0.15) is 0 Å². The van der Waals surface area contributed by atoms with E-state index in [1.165, 1.54) is 6.33 Å². The molecule has 4 aromatic rings. The van der Waals surface area contributed by atoms with Crippen molar-refractivity contribution in [3.05, 3.63) is 67.1 Å². The third-order valence-electron chi connectivity index (χ3n) is 4.82. The Morgan fingerprint density at radius 3 is 2.55 bits per heavy atom. The molecule has 4 rings (SSSR count). The highest BCUT2D eigenvalue weighted by Gasteiger charge is 2.17. The quantitative estimate of drug-likeness (QED) is 0.426. The Morgan fingerprint density at radius 1 is 1.13 bits per heavy atom. The number of hydrogen-bond acceptors (Lipinski definition) is 6. The standard InChI is InChI=1S/C23H23N5O3/c1-15(13-29)27-20(30)12-28-11-19(21-22(24)25-14-26-23(21)28)16-7-9-18(10-8-16)31-17-5-3-2-4-6-17/h2-11,14-15,29H,12-13H2,1H3,(H,27,30)(H2,24,25,26)/t15-/m0/s1. The van der Waals surface area contributed by atoms with Crippen molar-refractivity contribution in [2.24, 2.45) is 0 Å². The molecule has 0 aliphatic rings. The Labute approximate surface area is 179 Å². The van der Waals surface area contributed by atoms with Gasteiger partial charge in [0.05, 0.1) is 12.0 Å². The number of ether oxygens (including phenoxy) is 1. The highest BCUT2D eigenvalue weighted by Crippen LogP contribution is 2.34. The number of nitrogens with one attached hydrogen (secondary N) is 1. The van der Waals surface area contributed by atoms with Crippen molar-refractivity contribution in [1.82, 2.24) is 19.9 Å².